The van der Waals surface area contributed by atoms with Crippen LogP contribution in [0.1, 0.15) is 30.7 Å². The summed E-state index contributed by atoms with van der Waals surface area (Å²) in [6.45, 7) is 8.07. The maximum absolute atomic E-state index is 8.24. The Labute approximate surface area is 101 Å². The molecule has 0 saturated carbocycles. The van der Waals surface area contributed by atoms with E-state index in [0.29, 0.717) is 5.71 Å². The second-order valence-electron chi connectivity index (χ2n) is 4.64. The molecule has 0 fully saturated rings. The Bertz CT molecular complexity index is 585. The zero-order valence-corrected chi connectivity index (χ0v) is 10.7. The van der Waals surface area contributed by atoms with Crippen molar-refractivity contribution in [2.75, 3.05) is 0 Å². The van der Waals surface area contributed by atoms with Gasteiger partial charge in [0.05, 0.1) is 11.0 Å². The number of aromatic nitrogens is 2. The molecule has 0 bridgehead atoms. The van der Waals surface area contributed by atoms with Gasteiger partial charge in [0, 0.05) is 23.2 Å². The monoisotopic (exact) mass is 227 g/mol. The van der Waals surface area contributed by atoms with Gasteiger partial charge in [-0.3, -0.25) is 9.97 Å². The van der Waals surface area contributed by atoms with E-state index in [4.69, 9.17) is 5.41 Å². The van der Waals surface area contributed by atoms with Gasteiger partial charge in [0.1, 0.15) is 0 Å². The average Bonchev–Trinajstić information content (AvgIpc) is 2.30. The maximum atomic E-state index is 8.24. The van der Waals surface area contributed by atoms with Gasteiger partial charge in [-0.15, -0.1) is 0 Å². The number of pyridine rings is 2. The van der Waals surface area contributed by atoms with Crippen LogP contribution in [0.4, 0.5) is 0 Å². The largest absolute Gasteiger partial charge is 0.304 e. The number of aryl methyl sites for hydroxylation is 1. The second kappa shape index (κ2) is 4.24. The van der Waals surface area contributed by atoms with Gasteiger partial charge < -0.3 is 5.41 Å². The molecule has 2 rings (SSSR count). The summed E-state index contributed by atoms with van der Waals surface area (Å²) in [4.78, 5) is 8.90. The molecule has 0 spiro atoms. The molecule has 0 aliphatic rings. The normalized spacial score (nSPS) is 11.1. The molecule has 3 heteroatoms. The van der Waals surface area contributed by atoms with E-state index >= 15 is 0 Å². The molecular weight excluding hydrogens is 210 g/mol. The lowest BCUT2D eigenvalue weighted by Crippen LogP contribution is -2.12. The van der Waals surface area contributed by atoms with Crippen LogP contribution >= 0.6 is 0 Å². The Morgan fingerprint density at radius 1 is 1.29 bits per heavy atom. The Hall–Kier alpha value is -1.77. The highest BCUT2D eigenvalue weighted by Gasteiger charge is 2.16. The Balaban J connectivity index is 2.83. The molecule has 88 valence electrons. The van der Waals surface area contributed by atoms with Crippen molar-refractivity contribution in [1.82, 2.24) is 9.97 Å². The van der Waals surface area contributed by atoms with Gasteiger partial charge in [0.2, 0.25) is 0 Å². The number of fused-ring (bicyclic) bond motifs is 1. The van der Waals surface area contributed by atoms with Gasteiger partial charge in [-0.1, -0.05) is 13.8 Å². The van der Waals surface area contributed by atoms with E-state index in [0.717, 1.165) is 27.9 Å². The lowest BCUT2D eigenvalue weighted by atomic mass is 9.94. The zero-order valence-electron chi connectivity index (χ0n) is 10.7. The number of nitrogens with zero attached hydrogens (tertiary/aromatic N) is 2. The molecule has 3 nitrogen and oxygen atoms in total. The van der Waals surface area contributed by atoms with E-state index in [1.54, 1.807) is 6.20 Å². The van der Waals surface area contributed by atoms with Crippen LogP contribution in [0, 0.1) is 25.2 Å². The van der Waals surface area contributed by atoms with Gasteiger partial charge in [0.25, 0.3) is 0 Å². The Morgan fingerprint density at radius 2 is 2.00 bits per heavy atom. The summed E-state index contributed by atoms with van der Waals surface area (Å²) in [6.07, 6.45) is 1.76. The SMILES string of the molecule is Cc1nc2cccnc2c(C(=N)C(C)C)c1C. The molecule has 2 aromatic heterocycles. The molecule has 17 heavy (non-hydrogen) atoms. The molecule has 0 atom stereocenters. The van der Waals surface area contributed by atoms with E-state index in [1.165, 1.54) is 0 Å². The van der Waals surface area contributed by atoms with E-state index in [-0.39, 0.29) is 5.92 Å². The third-order valence-electron chi connectivity index (χ3n) is 3.08. The predicted octanol–water partition coefficient (Wildman–Crippen LogP) is 3.27. The van der Waals surface area contributed by atoms with Crippen molar-refractivity contribution < 1.29 is 0 Å². The van der Waals surface area contributed by atoms with Crippen molar-refractivity contribution in [2.45, 2.75) is 27.7 Å². The average molecular weight is 227 g/mol. The maximum Gasteiger partial charge on any atom is 0.0979 e. The highest BCUT2D eigenvalue weighted by atomic mass is 14.8. The fourth-order valence-corrected chi connectivity index (χ4v) is 1.92. The quantitative estimate of drug-likeness (QED) is 0.800. The van der Waals surface area contributed by atoms with Gasteiger partial charge in [-0.2, -0.15) is 0 Å². The molecule has 2 heterocycles. The number of hydrogen-bond acceptors (Lipinski definition) is 3. The van der Waals surface area contributed by atoms with E-state index in [9.17, 15) is 0 Å². The van der Waals surface area contributed by atoms with Crippen molar-refractivity contribution in [2.24, 2.45) is 5.92 Å². The molecular formula is C14H17N3. The predicted molar refractivity (Wildman–Crippen MR) is 70.7 cm³/mol. The first-order valence-electron chi connectivity index (χ1n) is 5.83. The topological polar surface area (TPSA) is 49.6 Å². The molecule has 0 aliphatic carbocycles. The molecule has 0 amide bonds. The summed E-state index contributed by atoms with van der Waals surface area (Å²) in [7, 11) is 0. The highest BCUT2D eigenvalue weighted by Crippen LogP contribution is 2.23. The van der Waals surface area contributed by atoms with E-state index in [1.807, 2.05) is 39.8 Å². The lowest BCUT2D eigenvalue weighted by Gasteiger charge is -2.14. The number of nitrogens with one attached hydrogen (secondary N) is 1. The van der Waals surface area contributed by atoms with Gasteiger partial charge in [0.15, 0.2) is 0 Å². The third kappa shape index (κ3) is 1.93. The van der Waals surface area contributed by atoms with Crippen LogP contribution in [-0.4, -0.2) is 15.7 Å². The first kappa shape index (κ1) is 11.7. The number of hydrogen-bond donors (Lipinski definition) is 1. The molecule has 0 aliphatic heterocycles. The van der Waals surface area contributed by atoms with Crippen molar-refractivity contribution >= 4 is 16.7 Å². The van der Waals surface area contributed by atoms with Gasteiger partial charge in [-0.25, -0.2) is 0 Å². The fraction of sp³-hybridized carbons (Fsp3) is 0.357. The first-order chi connectivity index (χ1) is 8.02. The van der Waals surface area contributed by atoms with Crippen LogP contribution < -0.4 is 0 Å². The summed E-state index contributed by atoms with van der Waals surface area (Å²) in [5.74, 6) is 0.195. The Kier molecular flexibility index (Phi) is 2.92. The lowest BCUT2D eigenvalue weighted by molar-refractivity contribution is 0.876. The summed E-state index contributed by atoms with van der Waals surface area (Å²) in [5, 5.41) is 8.24. The van der Waals surface area contributed by atoms with Crippen LogP contribution in [0.15, 0.2) is 18.3 Å². The van der Waals surface area contributed by atoms with E-state index < -0.39 is 0 Å². The third-order valence-corrected chi connectivity index (χ3v) is 3.08. The summed E-state index contributed by atoms with van der Waals surface area (Å²) in [6, 6.07) is 3.83. The van der Waals surface area contributed by atoms with Crippen molar-refractivity contribution in [3.05, 3.63) is 35.2 Å². The fourth-order valence-electron chi connectivity index (χ4n) is 1.92. The van der Waals surface area contributed by atoms with Crippen LogP contribution in [0.5, 0.6) is 0 Å². The summed E-state index contributed by atoms with van der Waals surface area (Å²) in [5.41, 5.74) is 5.34. The van der Waals surface area contributed by atoms with Crippen LogP contribution in [0.2, 0.25) is 0 Å². The standard InChI is InChI=1S/C14H17N3/c1-8(2)13(15)12-9(3)10(4)17-11-6-5-7-16-14(11)12/h5-8,15H,1-4H3. The highest BCUT2D eigenvalue weighted by molar-refractivity contribution is 6.09. The van der Waals surface area contributed by atoms with Crippen molar-refractivity contribution in [1.29, 1.82) is 5.41 Å². The molecule has 0 saturated heterocycles. The molecule has 2 aromatic rings. The minimum atomic E-state index is 0.195. The van der Waals surface area contributed by atoms with E-state index in [2.05, 4.69) is 9.97 Å². The first-order valence-corrected chi connectivity index (χ1v) is 5.83. The molecule has 0 radical (unpaired) electrons. The summed E-state index contributed by atoms with van der Waals surface area (Å²) < 4.78 is 0. The Morgan fingerprint density at radius 3 is 2.65 bits per heavy atom. The van der Waals surface area contributed by atoms with Crippen LogP contribution in [0.25, 0.3) is 11.0 Å². The van der Waals surface area contributed by atoms with Gasteiger partial charge in [-0.05, 0) is 37.5 Å². The minimum absolute atomic E-state index is 0.195. The van der Waals surface area contributed by atoms with Gasteiger partial charge >= 0.3 is 0 Å². The van der Waals surface area contributed by atoms with Crippen molar-refractivity contribution in [3.63, 3.8) is 0 Å². The molecule has 0 aromatic carbocycles. The zero-order chi connectivity index (χ0) is 12.6. The van der Waals surface area contributed by atoms with Crippen LogP contribution in [-0.2, 0) is 0 Å². The molecule has 1 N–H and O–H groups in total. The van der Waals surface area contributed by atoms with Crippen LogP contribution in [0.3, 0.4) is 0 Å². The number of rotatable bonds is 2. The smallest absolute Gasteiger partial charge is 0.0979 e. The minimum Gasteiger partial charge on any atom is -0.304 e. The van der Waals surface area contributed by atoms with Crippen molar-refractivity contribution in [3.8, 4) is 0 Å². The molecule has 0 unspecified atom stereocenters. The summed E-state index contributed by atoms with van der Waals surface area (Å²) >= 11 is 0. The second-order valence-corrected chi connectivity index (χ2v) is 4.64.